The highest BCUT2D eigenvalue weighted by molar-refractivity contribution is 5.48. The number of ether oxygens (including phenoxy) is 1. The number of anilines is 1. The van der Waals surface area contributed by atoms with Gasteiger partial charge in [0.05, 0.1) is 10.6 Å². The van der Waals surface area contributed by atoms with Gasteiger partial charge in [-0.3, -0.25) is 15.0 Å². The Labute approximate surface area is 156 Å². The first kappa shape index (κ1) is 19.1. The molecule has 0 unspecified atom stereocenters. The zero-order valence-corrected chi connectivity index (χ0v) is 14.8. The van der Waals surface area contributed by atoms with E-state index in [2.05, 4.69) is 4.90 Å². The van der Waals surface area contributed by atoms with Crippen molar-refractivity contribution in [1.29, 1.82) is 0 Å². The molecule has 0 bridgehead atoms. The van der Waals surface area contributed by atoms with Crippen LogP contribution in [0.4, 0.5) is 15.8 Å². The number of aliphatic hydroxyl groups excluding tert-OH is 1. The number of piperazine rings is 1. The number of para-hydroxylation sites is 1. The summed E-state index contributed by atoms with van der Waals surface area (Å²) >= 11 is 0. The van der Waals surface area contributed by atoms with Crippen LogP contribution in [-0.4, -0.2) is 60.4 Å². The van der Waals surface area contributed by atoms with Gasteiger partial charge in [0, 0.05) is 44.9 Å². The summed E-state index contributed by atoms with van der Waals surface area (Å²) in [5, 5.41) is 20.8. The van der Waals surface area contributed by atoms with Crippen LogP contribution in [0, 0.1) is 15.9 Å². The van der Waals surface area contributed by atoms with Crippen molar-refractivity contribution in [3.63, 3.8) is 0 Å². The van der Waals surface area contributed by atoms with Crippen LogP contribution in [0.15, 0.2) is 48.5 Å². The van der Waals surface area contributed by atoms with Gasteiger partial charge in [0.25, 0.3) is 5.69 Å². The Bertz CT molecular complexity index is 764. The summed E-state index contributed by atoms with van der Waals surface area (Å²) in [7, 11) is 0. The van der Waals surface area contributed by atoms with Gasteiger partial charge in [-0.05, 0) is 24.3 Å². The molecule has 0 saturated carbocycles. The van der Waals surface area contributed by atoms with E-state index < -0.39 is 11.0 Å². The molecule has 8 heteroatoms. The van der Waals surface area contributed by atoms with Gasteiger partial charge in [-0.25, -0.2) is 4.39 Å². The molecule has 0 aromatic heterocycles. The fraction of sp³-hybridized carbons (Fsp3) is 0.368. The summed E-state index contributed by atoms with van der Waals surface area (Å²) in [5.74, 6) is 0.256. The standard InChI is InChI=1S/C19H22FN3O4/c20-18-3-1-2-4-19(18)22-11-9-21(10-12-22)13-16(24)14-27-17-7-5-15(6-8-17)23(25)26/h1-8,16,24H,9-14H2/t16-/m1/s1. The van der Waals surface area contributed by atoms with Crippen molar-refractivity contribution >= 4 is 11.4 Å². The number of rotatable bonds is 7. The number of hydrogen-bond acceptors (Lipinski definition) is 6. The minimum atomic E-state index is -0.680. The third kappa shape index (κ3) is 5.15. The van der Waals surface area contributed by atoms with Crippen molar-refractivity contribution in [2.24, 2.45) is 0 Å². The second-order valence-corrected chi connectivity index (χ2v) is 6.45. The number of nitro benzene ring substituents is 1. The third-order valence-corrected chi connectivity index (χ3v) is 4.52. The summed E-state index contributed by atoms with van der Waals surface area (Å²) in [5.41, 5.74) is 0.606. The van der Waals surface area contributed by atoms with E-state index in [-0.39, 0.29) is 18.1 Å². The molecule has 2 aromatic carbocycles. The predicted molar refractivity (Wildman–Crippen MR) is 99.7 cm³/mol. The molecule has 1 saturated heterocycles. The molecule has 1 N–H and O–H groups in total. The van der Waals surface area contributed by atoms with Gasteiger partial charge in [0.2, 0.25) is 0 Å². The molecule has 0 aliphatic carbocycles. The number of non-ortho nitro benzene ring substituents is 1. The molecular weight excluding hydrogens is 353 g/mol. The van der Waals surface area contributed by atoms with Crippen molar-refractivity contribution in [1.82, 2.24) is 4.90 Å². The number of aliphatic hydroxyl groups is 1. The fourth-order valence-electron chi connectivity index (χ4n) is 3.09. The second kappa shape index (κ2) is 8.79. The van der Waals surface area contributed by atoms with E-state index in [4.69, 9.17) is 4.74 Å². The Balaban J connectivity index is 1.42. The van der Waals surface area contributed by atoms with Crippen LogP contribution in [0.25, 0.3) is 0 Å². The Morgan fingerprint density at radius 1 is 1.11 bits per heavy atom. The number of nitrogens with zero attached hydrogens (tertiary/aromatic N) is 3. The highest BCUT2D eigenvalue weighted by atomic mass is 19.1. The molecule has 144 valence electrons. The van der Waals surface area contributed by atoms with Crippen LogP contribution in [0.2, 0.25) is 0 Å². The summed E-state index contributed by atoms with van der Waals surface area (Å²) in [6.45, 7) is 3.39. The van der Waals surface area contributed by atoms with E-state index in [1.807, 2.05) is 11.0 Å². The van der Waals surface area contributed by atoms with E-state index in [0.29, 0.717) is 31.1 Å². The first-order valence-electron chi connectivity index (χ1n) is 8.80. The van der Waals surface area contributed by atoms with Gasteiger partial charge in [-0.1, -0.05) is 12.1 Å². The summed E-state index contributed by atoms with van der Waals surface area (Å²) in [6, 6.07) is 12.5. The molecule has 2 aromatic rings. The van der Waals surface area contributed by atoms with Crippen molar-refractivity contribution in [2.45, 2.75) is 6.10 Å². The lowest BCUT2D eigenvalue weighted by Crippen LogP contribution is -2.49. The lowest BCUT2D eigenvalue weighted by molar-refractivity contribution is -0.384. The number of hydrogen-bond donors (Lipinski definition) is 1. The van der Waals surface area contributed by atoms with E-state index in [9.17, 15) is 19.6 Å². The summed E-state index contributed by atoms with van der Waals surface area (Å²) in [6.07, 6.45) is -0.680. The van der Waals surface area contributed by atoms with Crippen LogP contribution in [0.1, 0.15) is 0 Å². The van der Waals surface area contributed by atoms with Crippen molar-refractivity contribution in [3.05, 3.63) is 64.5 Å². The van der Waals surface area contributed by atoms with Crippen molar-refractivity contribution in [3.8, 4) is 5.75 Å². The molecule has 1 heterocycles. The number of nitro groups is 1. The molecule has 7 nitrogen and oxygen atoms in total. The number of halogens is 1. The minimum absolute atomic E-state index is 0.00405. The van der Waals surface area contributed by atoms with Crippen molar-refractivity contribution < 1.29 is 19.2 Å². The van der Waals surface area contributed by atoms with Gasteiger partial charge >= 0.3 is 0 Å². The van der Waals surface area contributed by atoms with Gasteiger partial charge in [-0.2, -0.15) is 0 Å². The average molecular weight is 375 g/mol. The molecule has 27 heavy (non-hydrogen) atoms. The molecule has 1 aliphatic heterocycles. The van der Waals surface area contributed by atoms with Gasteiger partial charge in [0.15, 0.2) is 0 Å². The number of β-amino-alcohol motifs (C(OH)–C–C–N with tert-alkyl or cyclic N) is 1. The molecule has 1 fully saturated rings. The maximum atomic E-state index is 13.9. The molecule has 1 aliphatic rings. The second-order valence-electron chi connectivity index (χ2n) is 6.45. The lowest BCUT2D eigenvalue weighted by Gasteiger charge is -2.36. The van der Waals surface area contributed by atoms with Crippen molar-refractivity contribution in [2.75, 3.05) is 44.2 Å². The Hall–Kier alpha value is -2.71. The first-order chi connectivity index (χ1) is 13.0. The molecule has 3 rings (SSSR count). The zero-order chi connectivity index (χ0) is 19.2. The molecular formula is C19H22FN3O4. The lowest BCUT2D eigenvalue weighted by atomic mass is 10.2. The van der Waals surface area contributed by atoms with Gasteiger partial charge < -0.3 is 14.7 Å². The first-order valence-corrected chi connectivity index (χ1v) is 8.80. The van der Waals surface area contributed by atoms with Crippen LogP contribution in [0.5, 0.6) is 5.75 Å². The Morgan fingerprint density at radius 3 is 2.41 bits per heavy atom. The SMILES string of the molecule is O=[N+]([O-])c1ccc(OC[C@H](O)CN2CCN(c3ccccc3F)CC2)cc1. The van der Waals surface area contributed by atoms with E-state index in [0.717, 1.165) is 13.1 Å². The maximum absolute atomic E-state index is 13.9. The quantitative estimate of drug-likeness (QED) is 0.591. The average Bonchev–Trinajstić information content (AvgIpc) is 2.68. The highest BCUT2D eigenvalue weighted by Gasteiger charge is 2.21. The fourth-order valence-corrected chi connectivity index (χ4v) is 3.09. The third-order valence-electron chi connectivity index (χ3n) is 4.52. The predicted octanol–water partition coefficient (Wildman–Crippen LogP) is 2.30. The monoisotopic (exact) mass is 375 g/mol. The van der Waals surface area contributed by atoms with E-state index in [1.54, 1.807) is 12.1 Å². The van der Waals surface area contributed by atoms with Crippen LogP contribution in [-0.2, 0) is 0 Å². The van der Waals surface area contributed by atoms with Crippen LogP contribution in [0.3, 0.4) is 0 Å². The van der Waals surface area contributed by atoms with Gasteiger partial charge in [-0.15, -0.1) is 0 Å². The van der Waals surface area contributed by atoms with E-state index in [1.165, 1.54) is 30.3 Å². The van der Waals surface area contributed by atoms with E-state index >= 15 is 0 Å². The largest absolute Gasteiger partial charge is 0.491 e. The summed E-state index contributed by atoms with van der Waals surface area (Å²) in [4.78, 5) is 14.3. The topological polar surface area (TPSA) is 79.1 Å². The minimum Gasteiger partial charge on any atom is -0.491 e. The molecule has 0 amide bonds. The van der Waals surface area contributed by atoms with Gasteiger partial charge in [0.1, 0.15) is 24.3 Å². The zero-order valence-electron chi connectivity index (χ0n) is 14.8. The number of benzene rings is 2. The smallest absolute Gasteiger partial charge is 0.269 e. The Kier molecular flexibility index (Phi) is 6.20. The highest BCUT2D eigenvalue weighted by Crippen LogP contribution is 2.20. The maximum Gasteiger partial charge on any atom is 0.269 e. The molecule has 1 atom stereocenters. The molecule has 0 radical (unpaired) electrons. The molecule has 0 spiro atoms. The van der Waals surface area contributed by atoms with Crippen LogP contribution >= 0.6 is 0 Å². The normalized spacial score (nSPS) is 16.1. The summed E-state index contributed by atoms with van der Waals surface area (Å²) < 4.78 is 19.4. The Morgan fingerprint density at radius 2 is 1.78 bits per heavy atom. The van der Waals surface area contributed by atoms with Crippen LogP contribution < -0.4 is 9.64 Å².